The topological polar surface area (TPSA) is 103 Å². The first-order valence-corrected chi connectivity index (χ1v) is 12.1. The van der Waals surface area contributed by atoms with Crippen LogP contribution in [0.2, 0.25) is 5.02 Å². The van der Waals surface area contributed by atoms with E-state index in [2.05, 4.69) is 5.32 Å². The number of aromatic carboxylic acids is 1. The molecule has 6 nitrogen and oxygen atoms in total. The van der Waals surface area contributed by atoms with E-state index in [1.807, 2.05) is 0 Å². The number of amides is 1. The highest BCUT2D eigenvalue weighted by Gasteiger charge is 2.16. The van der Waals surface area contributed by atoms with Crippen molar-refractivity contribution in [3.8, 4) is 0 Å². The van der Waals surface area contributed by atoms with Gasteiger partial charge in [0.15, 0.2) is 9.84 Å². The Kier molecular flexibility index (Phi) is 7.37. The number of benzene rings is 3. The summed E-state index contributed by atoms with van der Waals surface area (Å²) in [6, 6.07) is 18.6. The highest BCUT2D eigenvalue weighted by Crippen LogP contribution is 2.28. The van der Waals surface area contributed by atoms with Crippen molar-refractivity contribution in [2.75, 3.05) is 16.8 Å². The summed E-state index contributed by atoms with van der Waals surface area (Å²) >= 11 is 7.08. The van der Waals surface area contributed by atoms with Crippen molar-refractivity contribution in [3.63, 3.8) is 0 Å². The maximum absolute atomic E-state index is 12.6. The Balaban J connectivity index is 1.70. The number of carbonyl (C=O) groups is 2. The largest absolute Gasteiger partial charge is 0.545 e. The number of rotatable bonds is 8. The maximum Gasteiger partial charge on any atom is 0.256 e. The Bertz CT molecular complexity index is 1210. The number of hydrogen-bond donors (Lipinski definition) is 1. The number of nitrogens with one attached hydrogen (secondary N) is 1. The number of carbonyl (C=O) groups excluding carboxylic acids is 2. The molecule has 1 N–H and O–H groups in total. The van der Waals surface area contributed by atoms with Gasteiger partial charge in [-0.2, -0.15) is 0 Å². The average molecular weight is 475 g/mol. The second-order valence-corrected chi connectivity index (χ2v) is 10.1. The van der Waals surface area contributed by atoms with Crippen molar-refractivity contribution in [1.29, 1.82) is 0 Å². The molecule has 31 heavy (non-hydrogen) atoms. The maximum atomic E-state index is 12.6. The zero-order chi connectivity index (χ0) is 22.4. The molecule has 3 aromatic rings. The van der Waals surface area contributed by atoms with Gasteiger partial charge in [0, 0.05) is 26.8 Å². The van der Waals surface area contributed by atoms with Crippen LogP contribution in [-0.4, -0.2) is 31.8 Å². The molecule has 0 saturated carbocycles. The van der Waals surface area contributed by atoms with Crippen LogP contribution >= 0.6 is 23.4 Å². The first kappa shape index (κ1) is 22.9. The number of sulfone groups is 1. The minimum Gasteiger partial charge on any atom is -0.545 e. The minimum atomic E-state index is -3.48. The quantitative estimate of drug-likeness (QED) is 0.501. The molecule has 0 heterocycles. The number of halogens is 1. The van der Waals surface area contributed by atoms with E-state index in [0.29, 0.717) is 15.6 Å². The fourth-order valence-electron chi connectivity index (χ4n) is 2.77. The van der Waals surface area contributed by atoms with Gasteiger partial charge in [-0.1, -0.05) is 41.9 Å². The van der Waals surface area contributed by atoms with Crippen molar-refractivity contribution in [3.05, 3.63) is 88.9 Å². The van der Waals surface area contributed by atoms with Crippen LogP contribution in [0.25, 0.3) is 0 Å². The van der Waals surface area contributed by atoms with Crippen LogP contribution in [-0.2, 0) is 9.84 Å². The predicted molar refractivity (Wildman–Crippen MR) is 119 cm³/mol. The molecule has 0 aliphatic heterocycles. The molecule has 0 aliphatic rings. The standard InChI is InChI=1S/C22H18ClNO5S2/c23-15-9-11-16(12-10-15)31(28,29)14-13-30-20-8-4-3-7-19(20)24-21(25)17-5-1-2-6-18(17)22(26)27/h1-12H,13-14H2,(H,24,25)(H,26,27)/p-1. The van der Waals surface area contributed by atoms with Crippen molar-refractivity contribution >= 4 is 50.8 Å². The number of carboxylic acids is 1. The van der Waals surface area contributed by atoms with E-state index in [0.717, 1.165) is 0 Å². The predicted octanol–water partition coefficient (Wildman–Crippen LogP) is 3.52. The Hall–Kier alpha value is -2.81. The molecule has 3 aromatic carbocycles. The molecular weight excluding hydrogens is 458 g/mol. The molecule has 0 atom stereocenters. The monoisotopic (exact) mass is 474 g/mol. The first-order chi connectivity index (χ1) is 14.8. The van der Waals surface area contributed by atoms with Crippen molar-refractivity contribution in [2.24, 2.45) is 0 Å². The Morgan fingerprint density at radius 2 is 1.52 bits per heavy atom. The number of para-hydroxylation sites is 1. The van der Waals surface area contributed by atoms with Crippen LogP contribution in [0.4, 0.5) is 5.69 Å². The summed E-state index contributed by atoms with van der Waals surface area (Å²) in [5, 5.41) is 14.4. The van der Waals surface area contributed by atoms with Gasteiger partial charge in [-0.25, -0.2) is 8.42 Å². The van der Waals surface area contributed by atoms with Crippen molar-refractivity contribution in [1.82, 2.24) is 0 Å². The van der Waals surface area contributed by atoms with E-state index < -0.39 is 21.7 Å². The van der Waals surface area contributed by atoms with E-state index >= 15 is 0 Å². The lowest BCUT2D eigenvalue weighted by Gasteiger charge is -2.13. The number of anilines is 1. The van der Waals surface area contributed by atoms with Gasteiger partial charge in [0.1, 0.15) is 0 Å². The van der Waals surface area contributed by atoms with Crippen molar-refractivity contribution in [2.45, 2.75) is 9.79 Å². The van der Waals surface area contributed by atoms with Crippen molar-refractivity contribution < 1.29 is 23.1 Å². The summed E-state index contributed by atoms with van der Waals surface area (Å²) in [4.78, 5) is 24.7. The lowest BCUT2D eigenvalue weighted by Crippen LogP contribution is -2.26. The minimum absolute atomic E-state index is 0.0207. The fourth-order valence-corrected chi connectivity index (χ4v) is 5.56. The summed E-state index contributed by atoms with van der Waals surface area (Å²) in [7, 11) is -3.48. The molecule has 160 valence electrons. The molecule has 9 heteroatoms. The average Bonchev–Trinajstić information content (AvgIpc) is 2.75. The molecule has 0 spiro atoms. The first-order valence-electron chi connectivity index (χ1n) is 9.10. The lowest BCUT2D eigenvalue weighted by atomic mass is 10.1. The molecule has 0 aliphatic carbocycles. The zero-order valence-corrected chi connectivity index (χ0v) is 18.5. The van der Waals surface area contributed by atoms with Gasteiger partial charge in [0.05, 0.1) is 22.3 Å². The Labute approximate surface area is 189 Å². The molecule has 0 saturated heterocycles. The van der Waals surface area contributed by atoms with E-state index in [-0.39, 0.29) is 27.5 Å². The van der Waals surface area contributed by atoms with Gasteiger partial charge in [-0.05, 0) is 42.5 Å². The molecule has 3 rings (SSSR count). The van der Waals surface area contributed by atoms with Gasteiger partial charge in [-0.15, -0.1) is 11.8 Å². The third kappa shape index (κ3) is 5.88. The highest BCUT2D eigenvalue weighted by atomic mass is 35.5. The second-order valence-electron chi connectivity index (χ2n) is 6.40. The molecule has 0 bridgehead atoms. The third-order valence-electron chi connectivity index (χ3n) is 4.31. The number of thioether (sulfide) groups is 1. The molecule has 1 amide bonds. The molecule has 0 aromatic heterocycles. The number of carboxylic acid groups (broad SMARTS) is 1. The lowest BCUT2D eigenvalue weighted by molar-refractivity contribution is -0.255. The Morgan fingerprint density at radius 1 is 0.903 bits per heavy atom. The van der Waals surface area contributed by atoms with Gasteiger partial charge >= 0.3 is 0 Å². The van der Waals surface area contributed by atoms with E-state index in [9.17, 15) is 23.1 Å². The second kappa shape index (κ2) is 10.00. The molecule has 0 fully saturated rings. The smallest absolute Gasteiger partial charge is 0.256 e. The van der Waals surface area contributed by atoms with Crippen LogP contribution in [0.15, 0.2) is 82.6 Å². The Morgan fingerprint density at radius 3 is 2.19 bits per heavy atom. The van der Waals surface area contributed by atoms with Gasteiger partial charge < -0.3 is 15.2 Å². The normalized spacial score (nSPS) is 11.1. The van der Waals surface area contributed by atoms with Crippen LogP contribution in [0.5, 0.6) is 0 Å². The molecule has 0 unspecified atom stereocenters. The summed E-state index contributed by atoms with van der Waals surface area (Å²) in [5.41, 5.74) is 0.223. The number of hydrogen-bond acceptors (Lipinski definition) is 6. The summed E-state index contributed by atoms with van der Waals surface area (Å²) in [5.74, 6) is -1.88. The van der Waals surface area contributed by atoms with Crippen LogP contribution in [0.3, 0.4) is 0 Å². The summed E-state index contributed by atoms with van der Waals surface area (Å²) in [6.07, 6.45) is 0. The van der Waals surface area contributed by atoms with Crippen LogP contribution in [0, 0.1) is 0 Å². The fraction of sp³-hybridized carbons (Fsp3) is 0.0909. The molecule has 0 radical (unpaired) electrons. The van der Waals surface area contributed by atoms with Crippen LogP contribution in [0.1, 0.15) is 20.7 Å². The van der Waals surface area contributed by atoms with E-state index in [4.69, 9.17) is 11.6 Å². The van der Waals surface area contributed by atoms with Gasteiger partial charge in [0.2, 0.25) is 0 Å². The van der Waals surface area contributed by atoms with E-state index in [1.54, 1.807) is 30.3 Å². The SMILES string of the molecule is O=C([O-])c1ccccc1C(=O)Nc1ccccc1SCCS(=O)(=O)c1ccc(Cl)cc1. The van der Waals surface area contributed by atoms with Crippen LogP contribution < -0.4 is 10.4 Å². The van der Waals surface area contributed by atoms with Gasteiger partial charge in [-0.3, -0.25) is 4.79 Å². The summed E-state index contributed by atoms with van der Waals surface area (Å²) < 4.78 is 25.0. The zero-order valence-electron chi connectivity index (χ0n) is 16.1. The highest BCUT2D eigenvalue weighted by molar-refractivity contribution is 8.00. The van der Waals surface area contributed by atoms with Gasteiger partial charge in [0.25, 0.3) is 5.91 Å². The summed E-state index contributed by atoms with van der Waals surface area (Å²) in [6.45, 7) is 0. The van der Waals surface area contributed by atoms with E-state index in [1.165, 1.54) is 54.2 Å². The molecular formula is C22H17ClNO5S2-. The third-order valence-corrected chi connectivity index (χ3v) is 7.63.